The van der Waals surface area contributed by atoms with Gasteiger partial charge in [0.2, 0.25) is 5.91 Å². The number of unbranched alkanes of at least 4 members (excludes halogenated alkanes) is 1. The van der Waals surface area contributed by atoms with Crippen molar-refractivity contribution in [1.82, 2.24) is 5.32 Å². The Morgan fingerprint density at radius 1 is 1.00 bits per heavy atom. The third-order valence-corrected chi connectivity index (χ3v) is 6.15. The highest BCUT2D eigenvalue weighted by molar-refractivity contribution is 14.1. The summed E-state index contributed by atoms with van der Waals surface area (Å²) >= 11 is 2.40. The van der Waals surface area contributed by atoms with Crippen LogP contribution in [0.15, 0.2) is 0 Å². The number of hydrogen-bond donors (Lipinski definition) is 1. The highest BCUT2D eigenvalue weighted by Gasteiger charge is 2.50. The Hall–Kier alpha value is 0.200. The van der Waals surface area contributed by atoms with E-state index in [2.05, 4.69) is 27.9 Å². The van der Waals surface area contributed by atoms with E-state index < -0.39 is 0 Å². The third-order valence-electron chi connectivity index (χ3n) is 5.39. The van der Waals surface area contributed by atoms with Gasteiger partial charge in [0.15, 0.2) is 0 Å². The van der Waals surface area contributed by atoms with Crippen LogP contribution in [0.2, 0.25) is 0 Å². The summed E-state index contributed by atoms with van der Waals surface area (Å²) in [4.78, 5) is 12.4. The van der Waals surface area contributed by atoms with Crippen molar-refractivity contribution in [3.63, 3.8) is 0 Å². The van der Waals surface area contributed by atoms with E-state index in [-0.39, 0.29) is 0 Å². The second kappa shape index (κ2) is 5.68. The van der Waals surface area contributed by atoms with Gasteiger partial charge in [0, 0.05) is 12.5 Å². The fourth-order valence-corrected chi connectivity index (χ4v) is 5.44. The average Bonchev–Trinajstić information content (AvgIpc) is 2.33. The van der Waals surface area contributed by atoms with Gasteiger partial charge in [0.1, 0.15) is 0 Å². The molecule has 0 heterocycles. The maximum absolute atomic E-state index is 12.4. The molecule has 0 aromatic heterocycles. The molecule has 4 saturated carbocycles. The summed E-state index contributed by atoms with van der Waals surface area (Å²) in [6, 6.07) is 0. The maximum atomic E-state index is 12.4. The molecule has 18 heavy (non-hydrogen) atoms. The van der Waals surface area contributed by atoms with Crippen molar-refractivity contribution < 1.29 is 4.79 Å². The van der Waals surface area contributed by atoms with Crippen LogP contribution >= 0.6 is 22.6 Å². The van der Waals surface area contributed by atoms with E-state index in [9.17, 15) is 4.79 Å². The van der Waals surface area contributed by atoms with Crippen molar-refractivity contribution in [1.29, 1.82) is 0 Å². The zero-order chi connectivity index (χ0) is 12.5. The molecule has 3 heteroatoms. The van der Waals surface area contributed by atoms with E-state index >= 15 is 0 Å². The van der Waals surface area contributed by atoms with Gasteiger partial charge in [-0.15, -0.1) is 0 Å². The van der Waals surface area contributed by atoms with Crippen molar-refractivity contribution >= 4 is 28.5 Å². The van der Waals surface area contributed by atoms with E-state index in [0.29, 0.717) is 11.8 Å². The summed E-state index contributed by atoms with van der Waals surface area (Å²) in [5.74, 6) is 4.15. The minimum atomic E-state index is 0.373. The second-order valence-electron chi connectivity index (χ2n) is 6.64. The summed E-state index contributed by atoms with van der Waals surface area (Å²) < 4.78 is 1.20. The van der Waals surface area contributed by atoms with Crippen molar-refractivity contribution in [2.45, 2.75) is 44.9 Å². The lowest BCUT2D eigenvalue weighted by Crippen LogP contribution is -2.51. The number of alkyl halides is 1. The first-order valence-electron chi connectivity index (χ1n) is 7.61. The Morgan fingerprint density at radius 3 is 2.17 bits per heavy atom. The highest BCUT2D eigenvalue weighted by atomic mass is 127. The summed E-state index contributed by atoms with van der Waals surface area (Å²) in [6.45, 7) is 0.893. The lowest BCUT2D eigenvalue weighted by atomic mass is 9.51. The molecule has 4 aliphatic rings. The lowest BCUT2D eigenvalue weighted by Gasteiger charge is -2.53. The standard InChI is InChI=1S/C15H24INO/c16-3-1-2-4-17-15(18)14-12-6-10-5-11(8-12)9-13(14)7-10/h10-14H,1-9H2,(H,17,18). The first-order chi connectivity index (χ1) is 8.78. The van der Waals surface area contributed by atoms with Crippen LogP contribution in [0.25, 0.3) is 0 Å². The normalized spacial score (nSPS) is 41.1. The molecule has 0 aromatic carbocycles. The number of rotatable bonds is 5. The molecule has 4 aliphatic carbocycles. The lowest BCUT2D eigenvalue weighted by molar-refractivity contribution is -0.138. The van der Waals surface area contributed by atoms with Crippen LogP contribution in [-0.4, -0.2) is 16.9 Å². The van der Waals surface area contributed by atoms with Crippen LogP contribution in [0.5, 0.6) is 0 Å². The molecule has 0 aromatic rings. The molecule has 0 unspecified atom stereocenters. The zero-order valence-corrected chi connectivity index (χ0v) is 13.2. The molecule has 102 valence electrons. The molecule has 0 radical (unpaired) electrons. The van der Waals surface area contributed by atoms with Gasteiger partial charge in [-0.1, -0.05) is 22.6 Å². The van der Waals surface area contributed by atoms with Crippen LogP contribution in [0.3, 0.4) is 0 Å². The fourth-order valence-electron chi connectivity index (χ4n) is 4.90. The van der Waals surface area contributed by atoms with Crippen molar-refractivity contribution in [2.75, 3.05) is 11.0 Å². The SMILES string of the molecule is O=C(NCCCCI)C1C2CC3CC(C2)CC1C3. The quantitative estimate of drug-likeness (QED) is 0.454. The van der Waals surface area contributed by atoms with Crippen LogP contribution in [0.4, 0.5) is 0 Å². The van der Waals surface area contributed by atoms with Crippen LogP contribution < -0.4 is 5.32 Å². The van der Waals surface area contributed by atoms with E-state index in [1.807, 2.05) is 0 Å². The van der Waals surface area contributed by atoms with Gasteiger partial charge >= 0.3 is 0 Å². The number of carbonyl (C=O) groups excluding carboxylic acids is 1. The minimum absolute atomic E-state index is 0.373. The van der Waals surface area contributed by atoms with Gasteiger partial charge in [-0.3, -0.25) is 4.79 Å². The molecular formula is C15H24INO. The van der Waals surface area contributed by atoms with Crippen molar-refractivity contribution in [3.8, 4) is 0 Å². The van der Waals surface area contributed by atoms with Gasteiger partial charge < -0.3 is 5.32 Å². The summed E-state index contributed by atoms with van der Waals surface area (Å²) in [5.41, 5.74) is 0. The monoisotopic (exact) mass is 361 g/mol. The Kier molecular flexibility index (Phi) is 4.16. The topological polar surface area (TPSA) is 29.1 Å². The number of halogens is 1. The van der Waals surface area contributed by atoms with Gasteiger partial charge in [-0.05, 0) is 73.0 Å². The second-order valence-corrected chi connectivity index (χ2v) is 7.72. The number of amides is 1. The predicted octanol–water partition coefficient (Wildman–Crippen LogP) is 3.39. The first kappa shape index (κ1) is 13.2. The largest absolute Gasteiger partial charge is 0.356 e. The van der Waals surface area contributed by atoms with Gasteiger partial charge in [-0.2, -0.15) is 0 Å². The summed E-state index contributed by atoms with van der Waals surface area (Å²) in [5, 5.41) is 3.20. The van der Waals surface area contributed by atoms with Crippen LogP contribution in [-0.2, 0) is 4.79 Å². The summed E-state index contributed by atoms with van der Waals surface area (Å²) in [6.07, 6.45) is 9.22. The highest BCUT2D eigenvalue weighted by Crippen LogP contribution is 2.56. The Bertz CT molecular complexity index is 290. The Balaban J connectivity index is 1.54. The fraction of sp³-hybridized carbons (Fsp3) is 0.933. The third kappa shape index (κ3) is 2.56. The van der Waals surface area contributed by atoms with E-state index in [0.717, 1.165) is 36.6 Å². The molecule has 0 spiro atoms. The summed E-state index contributed by atoms with van der Waals surface area (Å²) in [7, 11) is 0. The van der Waals surface area contributed by atoms with E-state index in [1.165, 1.54) is 43.0 Å². The molecule has 4 fully saturated rings. The number of carbonyl (C=O) groups is 1. The van der Waals surface area contributed by atoms with Crippen LogP contribution in [0, 0.1) is 29.6 Å². The molecule has 1 N–H and O–H groups in total. The molecule has 0 atom stereocenters. The zero-order valence-electron chi connectivity index (χ0n) is 11.0. The van der Waals surface area contributed by atoms with Gasteiger partial charge in [0.25, 0.3) is 0 Å². The number of nitrogens with one attached hydrogen (secondary N) is 1. The average molecular weight is 361 g/mol. The van der Waals surface area contributed by atoms with E-state index in [4.69, 9.17) is 0 Å². The predicted molar refractivity (Wildman–Crippen MR) is 81.7 cm³/mol. The Labute approximate surface area is 124 Å². The van der Waals surface area contributed by atoms with Gasteiger partial charge in [0.05, 0.1) is 0 Å². The van der Waals surface area contributed by atoms with Crippen molar-refractivity contribution in [3.05, 3.63) is 0 Å². The molecular weight excluding hydrogens is 337 g/mol. The molecule has 2 nitrogen and oxygen atoms in total. The van der Waals surface area contributed by atoms with E-state index in [1.54, 1.807) is 0 Å². The van der Waals surface area contributed by atoms with Crippen molar-refractivity contribution in [2.24, 2.45) is 29.6 Å². The Morgan fingerprint density at radius 2 is 1.61 bits per heavy atom. The smallest absolute Gasteiger partial charge is 0.223 e. The molecule has 4 bridgehead atoms. The molecule has 0 aliphatic heterocycles. The van der Waals surface area contributed by atoms with Gasteiger partial charge in [-0.25, -0.2) is 0 Å². The molecule has 0 saturated heterocycles. The number of hydrogen-bond acceptors (Lipinski definition) is 1. The molecule has 1 amide bonds. The molecule has 4 rings (SSSR count). The minimum Gasteiger partial charge on any atom is -0.356 e. The maximum Gasteiger partial charge on any atom is 0.223 e. The first-order valence-corrected chi connectivity index (χ1v) is 9.14. The van der Waals surface area contributed by atoms with Crippen LogP contribution in [0.1, 0.15) is 44.9 Å².